The zero-order chi connectivity index (χ0) is 12.3. The molecule has 0 radical (unpaired) electrons. The second kappa shape index (κ2) is 5.10. The summed E-state index contributed by atoms with van der Waals surface area (Å²) < 4.78 is 0. The summed E-state index contributed by atoms with van der Waals surface area (Å²) in [7, 11) is 0. The van der Waals surface area contributed by atoms with Crippen LogP contribution in [0.5, 0.6) is 0 Å². The van der Waals surface area contributed by atoms with E-state index in [1.807, 2.05) is 0 Å². The maximum Gasteiger partial charge on any atom is 0.241 e. The topological polar surface area (TPSA) is 58.2 Å². The average Bonchev–Trinajstić information content (AvgIpc) is 2.82. The summed E-state index contributed by atoms with van der Waals surface area (Å²) >= 11 is 0. The van der Waals surface area contributed by atoms with Gasteiger partial charge in [0.05, 0.1) is 6.04 Å². The summed E-state index contributed by atoms with van der Waals surface area (Å²) in [5.41, 5.74) is 1.29. The Morgan fingerprint density at radius 1 is 1.41 bits per heavy atom. The van der Waals surface area contributed by atoms with Gasteiger partial charge in [-0.3, -0.25) is 9.59 Å². The number of nitrogens with one attached hydrogen (secondary N) is 2. The minimum Gasteiger partial charge on any atom is -0.325 e. The predicted octanol–water partition coefficient (Wildman–Crippen LogP) is 1.58. The van der Waals surface area contributed by atoms with Crippen LogP contribution in [0.1, 0.15) is 30.1 Å². The van der Waals surface area contributed by atoms with Gasteiger partial charge in [0.15, 0.2) is 5.78 Å². The van der Waals surface area contributed by atoms with Crippen LogP contribution in [-0.2, 0) is 4.79 Å². The first kappa shape index (κ1) is 11.8. The fraction of sp³-hybridized carbons (Fsp3) is 0.385. The molecule has 1 aliphatic rings. The summed E-state index contributed by atoms with van der Waals surface area (Å²) in [6.45, 7) is 2.41. The van der Waals surface area contributed by atoms with Crippen molar-refractivity contribution < 1.29 is 9.59 Å². The fourth-order valence-corrected chi connectivity index (χ4v) is 1.95. The van der Waals surface area contributed by atoms with Crippen LogP contribution in [0.25, 0.3) is 0 Å². The minimum absolute atomic E-state index is 0.0000837. The Labute approximate surface area is 100 Å². The molecule has 1 heterocycles. The molecule has 1 aromatic carbocycles. The first-order valence-corrected chi connectivity index (χ1v) is 5.82. The highest BCUT2D eigenvalue weighted by atomic mass is 16.2. The monoisotopic (exact) mass is 232 g/mol. The Kier molecular flexibility index (Phi) is 3.54. The van der Waals surface area contributed by atoms with Crippen LogP contribution in [-0.4, -0.2) is 24.3 Å². The summed E-state index contributed by atoms with van der Waals surface area (Å²) in [6.07, 6.45) is 1.91. The molecule has 2 N–H and O–H groups in total. The van der Waals surface area contributed by atoms with E-state index in [1.165, 1.54) is 6.92 Å². The van der Waals surface area contributed by atoms with Gasteiger partial charge in [-0.2, -0.15) is 0 Å². The van der Waals surface area contributed by atoms with Crippen molar-refractivity contribution in [2.45, 2.75) is 25.8 Å². The summed E-state index contributed by atoms with van der Waals surface area (Å²) in [5.74, 6) is -0.0247. The van der Waals surface area contributed by atoms with Crippen molar-refractivity contribution in [3.05, 3.63) is 29.8 Å². The average molecular weight is 232 g/mol. The molecule has 17 heavy (non-hydrogen) atoms. The molecule has 0 spiro atoms. The quantitative estimate of drug-likeness (QED) is 0.778. The van der Waals surface area contributed by atoms with E-state index in [9.17, 15) is 9.59 Å². The highest BCUT2D eigenvalue weighted by Crippen LogP contribution is 2.13. The van der Waals surface area contributed by atoms with Gasteiger partial charge in [0.25, 0.3) is 0 Å². The summed E-state index contributed by atoms with van der Waals surface area (Å²) in [6, 6.07) is 6.91. The van der Waals surface area contributed by atoms with Crippen molar-refractivity contribution in [1.82, 2.24) is 5.32 Å². The zero-order valence-corrected chi connectivity index (χ0v) is 9.82. The molecular weight excluding hydrogens is 216 g/mol. The number of hydrogen-bond donors (Lipinski definition) is 2. The predicted molar refractivity (Wildman–Crippen MR) is 66.1 cm³/mol. The molecule has 0 aromatic heterocycles. The van der Waals surface area contributed by atoms with Crippen molar-refractivity contribution in [3.8, 4) is 0 Å². The molecule has 4 nitrogen and oxygen atoms in total. The molecule has 1 aliphatic heterocycles. The number of rotatable bonds is 3. The van der Waals surface area contributed by atoms with Gasteiger partial charge in [0.1, 0.15) is 0 Å². The Bertz CT molecular complexity index is 437. The third-order valence-corrected chi connectivity index (χ3v) is 2.91. The largest absolute Gasteiger partial charge is 0.325 e. The van der Waals surface area contributed by atoms with Gasteiger partial charge in [-0.05, 0) is 38.4 Å². The minimum atomic E-state index is -0.101. The maximum atomic E-state index is 11.8. The van der Waals surface area contributed by atoms with Crippen molar-refractivity contribution in [3.63, 3.8) is 0 Å². The Hall–Kier alpha value is -1.68. The fourth-order valence-electron chi connectivity index (χ4n) is 1.95. The lowest BCUT2D eigenvalue weighted by molar-refractivity contribution is -0.117. The van der Waals surface area contributed by atoms with Crippen LogP contribution < -0.4 is 10.6 Å². The van der Waals surface area contributed by atoms with Gasteiger partial charge in [0.2, 0.25) is 5.91 Å². The number of benzene rings is 1. The molecule has 1 atom stereocenters. The lowest BCUT2D eigenvalue weighted by Gasteiger charge is -2.11. The lowest BCUT2D eigenvalue weighted by atomic mass is 10.1. The first-order valence-electron chi connectivity index (χ1n) is 5.82. The number of anilines is 1. The molecule has 90 valence electrons. The molecule has 1 fully saturated rings. The molecular formula is C13H16N2O2. The Morgan fingerprint density at radius 3 is 2.88 bits per heavy atom. The molecule has 0 saturated carbocycles. The van der Waals surface area contributed by atoms with Crippen LogP contribution in [0.2, 0.25) is 0 Å². The van der Waals surface area contributed by atoms with Crippen LogP contribution in [0, 0.1) is 0 Å². The van der Waals surface area contributed by atoms with E-state index in [1.54, 1.807) is 24.3 Å². The third-order valence-electron chi connectivity index (χ3n) is 2.91. The van der Waals surface area contributed by atoms with E-state index in [-0.39, 0.29) is 17.7 Å². The van der Waals surface area contributed by atoms with Crippen LogP contribution in [0.4, 0.5) is 5.69 Å². The molecule has 4 heteroatoms. The molecule has 1 saturated heterocycles. The van der Waals surface area contributed by atoms with E-state index in [2.05, 4.69) is 10.6 Å². The number of Topliss-reactive ketones (excluding diaryl/α,β-unsaturated/α-hetero) is 1. The van der Waals surface area contributed by atoms with Crippen LogP contribution in [0.3, 0.4) is 0 Å². The van der Waals surface area contributed by atoms with Crippen LogP contribution >= 0.6 is 0 Å². The molecule has 0 unspecified atom stereocenters. The Balaban J connectivity index is 2.05. The molecule has 2 rings (SSSR count). The SMILES string of the molecule is CC(=O)c1cccc(NC(=O)[C@@H]2CCCN2)c1. The van der Waals surface area contributed by atoms with Crippen molar-refractivity contribution in [2.75, 3.05) is 11.9 Å². The summed E-state index contributed by atoms with van der Waals surface area (Å²) in [4.78, 5) is 23.1. The number of carbonyl (C=O) groups is 2. The standard InChI is InChI=1S/C13H16N2O2/c1-9(16)10-4-2-5-11(8-10)15-13(17)12-6-3-7-14-12/h2,4-5,8,12,14H,3,6-7H2,1H3,(H,15,17)/t12-/m0/s1. The van der Waals surface area contributed by atoms with Gasteiger partial charge < -0.3 is 10.6 Å². The maximum absolute atomic E-state index is 11.8. The van der Waals surface area contributed by atoms with Gasteiger partial charge in [-0.25, -0.2) is 0 Å². The van der Waals surface area contributed by atoms with E-state index in [0.717, 1.165) is 19.4 Å². The van der Waals surface area contributed by atoms with E-state index >= 15 is 0 Å². The van der Waals surface area contributed by atoms with Gasteiger partial charge in [-0.15, -0.1) is 0 Å². The first-order chi connectivity index (χ1) is 8.16. The molecule has 0 bridgehead atoms. The third kappa shape index (κ3) is 2.91. The van der Waals surface area contributed by atoms with Crippen molar-refractivity contribution in [2.24, 2.45) is 0 Å². The lowest BCUT2D eigenvalue weighted by Crippen LogP contribution is -2.35. The molecule has 1 amide bonds. The van der Waals surface area contributed by atoms with Gasteiger partial charge in [0, 0.05) is 11.3 Å². The zero-order valence-electron chi connectivity index (χ0n) is 9.82. The normalized spacial score (nSPS) is 19.0. The van der Waals surface area contributed by atoms with Crippen LogP contribution in [0.15, 0.2) is 24.3 Å². The number of carbonyl (C=O) groups excluding carboxylic acids is 2. The number of ketones is 1. The van der Waals surface area contributed by atoms with Crippen molar-refractivity contribution in [1.29, 1.82) is 0 Å². The van der Waals surface area contributed by atoms with E-state index in [0.29, 0.717) is 11.3 Å². The number of hydrogen-bond acceptors (Lipinski definition) is 3. The van der Waals surface area contributed by atoms with Gasteiger partial charge >= 0.3 is 0 Å². The van der Waals surface area contributed by atoms with Crippen molar-refractivity contribution >= 4 is 17.4 Å². The number of amides is 1. The highest BCUT2D eigenvalue weighted by Gasteiger charge is 2.21. The van der Waals surface area contributed by atoms with Gasteiger partial charge in [-0.1, -0.05) is 12.1 Å². The Morgan fingerprint density at radius 2 is 2.24 bits per heavy atom. The summed E-state index contributed by atoms with van der Waals surface area (Å²) in [5, 5.41) is 5.96. The molecule has 0 aliphatic carbocycles. The second-order valence-corrected chi connectivity index (χ2v) is 4.28. The van der Waals surface area contributed by atoms with E-state index in [4.69, 9.17) is 0 Å². The second-order valence-electron chi connectivity index (χ2n) is 4.28. The molecule has 1 aromatic rings. The smallest absolute Gasteiger partial charge is 0.241 e. The highest BCUT2D eigenvalue weighted by molar-refractivity contribution is 5.98. The van der Waals surface area contributed by atoms with E-state index < -0.39 is 0 Å².